The summed E-state index contributed by atoms with van der Waals surface area (Å²) in [6.45, 7) is 17.1. The number of likely N-dealkylation sites (tertiary alicyclic amines) is 1. The van der Waals surface area contributed by atoms with E-state index in [0.717, 1.165) is 133 Å². The highest BCUT2D eigenvalue weighted by atomic mass is 28.2. The first-order valence-corrected chi connectivity index (χ1v) is 57.3. The van der Waals surface area contributed by atoms with Crippen LogP contribution in [0.2, 0.25) is 60.4 Å². The van der Waals surface area contributed by atoms with E-state index >= 15 is 0 Å². The Labute approximate surface area is 848 Å². The standard InChI is InChI=1S/C14H21NSi.C13H19NSi.C13H15NSi.C12H16N2Si.C12H15NSi.C12H13NSi.C10H21NSi.C9H20N2Si.C9H13NSi.C8H11NSi/c1-15(2)11-13-7-4-3-6-12(13)10-14(15)8-5-9-16;1-14(10-5-11-15)9-4-7-12-6-2-3-8-13(12)14;1-14-9-11-5-2-3-7-13(11)12(10-14)6-4-8-15;1-13-10-14(7-4-8-15)9-11-5-2-3-6-12(11)13;2*14-10-4-9-13-8-3-6-11-5-1-2-7-12(11)13;1-11(2)8-4-3-6-10(11)7-5-9-12;1-10-4-7-11(2,8-5-10)6-3-9-12;1-10-7-3-2-5-9(10)6-4-8-11;10-8-4-7-9-5-2-1-3-6-9/h3-4,6-7,14H,5,8-11H2,1-2H3;2-3,6,8H,4-5,7,9-11H2,1H3;2-3,5,7,9-10H,4,6,8H2,1H3;2-3,5-6,10H,4,7-9H2,1H3;1-2,5,7-8H,3-4,6,9-10H2;1-3,5-8H,4,9-10H2;10H,3-9H2,1-2H3;3-9H2,1-2H3;2-3,5,7H,4,6,8H2,1H3;1-3,5-6H,4,7-8H2/q10*+1. The molecule has 4 aromatic heterocycles. The normalized spacial score (nSPS) is 17.3. The maximum Gasteiger partial charge on any atom is 0.239 e. The van der Waals surface area contributed by atoms with E-state index in [1.165, 1.54) is 245 Å². The minimum atomic E-state index is 0.784. The molecule has 3 unspecified atom stereocenters. The van der Waals surface area contributed by atoms with Gasteiger partial charge >= 0.3 is 0 Å². The maximum absolute atomic E-state index is 3.58. The van der Waals surface area contributed by atoms with Gasteiger partial charge in [0.2, 0.25) is 17.5 Å². The van der Waals surface area contributed by atoms with Crippen molar-refractivity contribution in [2.45, 2.75) is 240 Å². The van der Waals surface area contributed by atoms with Crippen LogP contribution in [0.25, 0.3) is 21.7 Å². The van der Waals surface area contributed by atoms with Gasteiger partial charge in [-0.3, -0.25) is 14.0 Å². The van der Waals surface area contributed by atoms with E-state index < -0.39 is 0 Å². The second-order valence-electron chi connectivity index (χ2n) is 38.6. The topological polar surface area (TPSA) is 28.0 Å². The smallest absolute Gasteiger partial charge is 0.239 e. The molecular formula is C112H164N12Si10+10. The largest absolute Gasteiger partial charge is 0.326 e. The zero-order chi connectivity index (χ0) is 96.7. The summed E-state index contributed by atoms with van der Waals surface area (Å²) in [5.74, 6) is 0. The molecule has 10 heterocycles. The molecule has 0 amide bonds. The molecule has 2 saturated heterocycles. The summed E-state index contributed by atoms with van der Waals surface area (Å²) in [6, 6.07) is 81.6. The minimum Gasteiger partial charge on any atom is -0.326 e. The number of anilines is 1. The van der Waals surface area contributed by atoms with E-state index in [2.05, 4.69) is 436 Å². The number of fused-ring (bicyclic) bond motifs is 6. The summed E-state index contributed by atoms with van der Waals surface area (Å²) in [4.78, 5) is 4.63. The van der Waals surface area contributed by atoms with Crippen molar-refractivity contribution in [2.75, 3.05) is 127 Å². The third kappa shape index (κ3) is 40.8. The van der Waals surface area contributed by atoms with E-state index in [-0.39, 0.29) is 0 Å². The number of aromatic nitrogens is 4. The number of rotatable bonds is 30. The number of aryl methyl sites for hydroxylation is 8. The molecule has 3 atom stereocenters. The molecule has 16 rings (SSSR count). The molecule has 702 valence electrons. The molecule has 6 aliphatic heterocycles. The van der Waals surface area contributed by atoms with Gasteiger partial charge in [0.15, 0.2) is 42.9 Å². The predicted molar refractivity (Wildman–Crippen MR) is 582 cm³/mol. The fourth-order valence-electron chi connectivity index (χ4n) is 18.9. The van der Waals surface area contributed by atoms with Crippen molar-refractivity contribution in [3.63, 3.8) is 0 Å². The van der Waals surface area contributed by atoms with Crippen LogP contribution in [0.4, 0.5) is 17.1 Å². The van der Waals surface area contributed by atoms with Crippen molar-refractivity contribution in [1.82, 2.24) is 9.38 Å². The highest BCUT2D eigenvalue weighted by Gasteiger charge is 2.35. The number of hydrogen-bond acceptors (Lipinski definition) is 2. The number of quaternary nitrogens is 4. The predicted octanol–water partition coefficient (Wildman–Crippen LogP) is 17.7. The number of hydrogen-bond donors (Lipinski definition) is 0. The number of piperazine rings is 1. The van der Waals surface area contributed by atoms with Crippen LogP contribution >= 0.6 is 0 Å². The Bertz CT molecular complexity index is 4940. The second-order valence-corrected chi connectivity index (χ2v) is 43.6. The second kappa shape index (κ2) is 64.7. The first-order valence-electron chi connectivity index (χ1n) is 50.3. The van der Waals surface area contributed by atoms with E-state index in [1.54, 1.807) is 22.4 Å². The lowest BCUT2D eigenvalue weighted by molar-refractivity contribution is -0.930. The van der Waals surface area contributed by atoms with Gasteiger partial charge in [-0.25, -0.2) is 23.2 Å². The average molecular weight is 1960 g/mol. The quantitative estimate of drug-likeness (QED) is 0.0255. The lowest BCUT2D eigenvalue weighted by atomic mass is 9.90. The molecule has 6 aliphatic rings. The van der Waals surface area contributed by atoms with Crippen molar-refractivity contribution in [2.24, 2.45) is 14.1 Å². The van der Waals surface area contributed by atoms with Gasteiger partial charge in [0.1, 0.15) is 64.4 Å². The zero-order valence-electron chi connectivity index (χ0n) is 84.1. The zero-order valence-corrected chi connectivity index (χ0v) is 94.1. The van der Waals surface area contributed by atoms with Crippen molar-refractivity contribution in [1.29, 1.82) is 0 Å². The van der Waals surface area contributed by atoms with Crippen molar-refractivity contribution >= 4 is 154 Å². The molecule has 12 nitrogen and oxygen atoms in total. The third-order valence-corrected chi connectivity index (χ3v) is 30.5. The molecule has 0 saturated carbocycles. The molecule has 2 fully saturated rings. The first-order chi connectivity index (χ1) is 64.9. The summed E-state index contributed by atoms with van der Waals surface area (Å²) in [6.07, 6.45) is 45.2. The number of likely N-dealkylation sites (N-methyl/N-ethyl adjacent to an activating group) is 3. The lowest BCUT2D eigenvalue weighted by Gasteiger charge is -2.42. The molecule has 0 spiro atoms. The van der Waals surface area contributed by atoms with Gasteiger partial charge in [-0.05, 0) is 125 Å². The highest BCUT2D eigenvalue weighted by Crippen LogP contribution is 2.34. The van der Waals surface area contributed by atoms with Crippen LogP contribution in [0, 0.1) is 0 Å². The Hall–Kier alpha value is -6.45. The Morgan fingerprint density at radius 2 is 0.978 bits per heavy atom. The van der Waals surface area contributed by atoms with Crippen LogP contribution in [-0.2, 0) is 72.4 Å². The van der Waals surface area contributed by atoms with Gasteiger partial charge in [-0.2, -0.15) is 4.57 Å². The van der Waals surface area contributed by atoms with Crippen LogP contribution in [0.5, 0.6) is 0 Å². The Morgan fingerprint density at radius 1 is 0.418 bits per heavy atom. The molecule has 30 radical (unpaired) electrons. The van der Waals surface area contributed by atoms with Gasteiger partial charge in [-0.15, -0.1) is 0 Å². The van der Waals surface area contributed by atoms with Crippen molar-refractivity contribution in [3.05, 3.63) is 270 Å². The van der Waals surface area contributed by atoms with E-state index in [4.69, 9.17) is 0 Å². The van der Waals surface area contributed by atoms with E-state index in [0.29, 0.717) is 0 Å². The molecular weight excluding hydrogens is 1790 g/mol. The molecule has 134 heavy (non-hydrogen) atoms. The molecule has 0 bridgehead atoms. The van der Waals surface area contributed by atoms with Gasteiger partial charge in [0, 0.05) is 242 Å². The number of para-hydroxylation sites is 4. The van der Waals surface area contributed by atoms with Crippen LogP contribution in [0.3, 0.4) is 0 Å². The molecule has 6 aromatic carbocycles. The SMILES string of the molecule is CN1C=[N+](CCC[Si])Cc2ccccc21.CN1CC[N+](C)(CCC[Si])CC1.C[N+]1(C)CCCCC1CCC[Si].C[N+]1(C)Cc2ccccc2CC1CCC[Si].C[N+]1(CCC[Si])CCCc2ccccc21.C[n+]1cc(CCC[Si])c2ccccc2c1.C[n+]1ccccc1CCC[Si].[Si]CCC[N+]1=CCCc2ccccc21.[Si]CCC[n+]1cccc2ccccc21.[Si]CCC[n+]1ccccc1. The summed E-state index contributed by atoms with van der Waals surface area (Å²) in [5, 5.41) is 4.02. The lowest BCUT2D eigenvalue weighted by Crippen LogP contribution is -2.56. The van der Waals surface area contributed by atoms with Crippen molar-refractivity contribution in [3.8, 4) is 0 Å². The summed E-state index contributed by atoms with van der Waals surface area (Å²) in [7, 11) is 58.0. The van der Waals surface area contributed by atoms with Crippen molar-refractivity contribution < 1.29 is 40.9 Å². The van der Waals surface area contributed by atoms with Crippen LogP contribution in [-0.4, -0.2) is 276 Å². The number of piperidine rings is 1. The monoisotopic (exact) mass is 1960 g/mol. The van der Waals surface area contributed by atoms with Crippen LogP contribution in [0.15, 0.2) is 231 Å². The number of nitrogens with zero attached hydrogens (tertiary/aromatic N) is 12. The van der Waals surface area contributed by atoms with Gasteiger partial charge in [0.05, 0.1) is 107 Å². The van der Waals surface area contributed by atoms with Gasteiger partial charge in [0.25, 0.3) is 0 Å². The summed E-state index contributed by atoms with van der Waals surface area (Å²) in [5.41, 5.74) is 16.0. The molecule has 22 heteroatoms. The van der Waals surface area contributed by atoms with E-state index in [1.807, 2.05) is 18.2 Å². The molecule has 10 aromatic rings. The fraction of sp³-hybridized carbons (Fsp3) is 0.518. The number of benzene rings is 6. The minimum absolute atomic E-state index is 0.784. The van der Waals surface area contributed by atoms with Gasteiger partial charge < -0.3 is 13.4 Å². The Morgan fingerprint density at radius 3 is 1.66 bits per heavy atom. The fourth-order valence-corrected chi connectivity index (χ4v) is 20.6. The average Bonchev–Trinajstić information content (AvgIpc) is 0.790. The summed E-state index contributed by atoms with van der Waals surface area (Å²) < 4.78 is 18.3. The van der Waals surface area contributed by atoms with Crippen LogP contribution < -0.4 is 27.7 Å². The van der Waals surface area contributed by atoms with E-state index in [9.17, 15) is 0 Å². The maximum atomic E-state index is 3.58. The van der Waals surface area contributed by atoms with Gasteiger partial charge in [-0.1, -0.05) is 201 Å². The number of pyridine rings is 4. The Kier molecular flexibility index (Phi) is 55.3. The highest BCUT2D eigenvalue weighted by molar-refractivity contribution is 6.10. The molecule has 0 N–H and O–H groups in total. The Balaban J connectivity index is 0.000000204. The first kappa shape index (κ1) is 115. The van der Waals surface area contributed by atoms with Crippen LogP contribution in [0.1, 0.15) is 148 Å². The third-order valence-electron chi connectivity index (χ3n) is 27.0. The summed E-state index contributed by atoms with van der Waals surface area (Å²) >= 11 is 0. The molecule has 0 aliphatic carbocycles.